The van der Waals surface area contributed by atoms with Crippen LogP contribution in [0.3, 0.4) is 0 Å². The van der Waals surface area contributed by atoms with E-state index in [0.29, 0.717) is 0 Å². The number of nitrogens with zero attached hydrogens (tertiary/aromatic N) is 1. The third-order valence-electron chi connectivity index (χ3n) is 2.71. The third-order valence-corrected chi connectivity index (χ3v) is 3.20. The minimum absolute atomic E-state index is 0.227. The van der Waals surface area contributed by atoms with E-state index in [2.05, 4.69) is 33.2 Å². The summed E-state index contributed by atoms with van der Waals surface area (Å²) in [6.07, 6.45) is 2.73. The van der Waals surface area contributed by atoms with Crippen molar-refractivity contribution < 1.29 is 9.13 Å². The van der Waals surface area contributed by atoms with Crippen molar-refractivity contribution in [1.82, 2.24) is 4.98 Å². The number of anilines is 1. The molecule has 0 aliphatic heterocycles. The Morgan fingerprint density at radius 2 is 2.20 bits per heavy atom. The van der Waals surface area contributed by atoms with Crippen molar-refractivity contribution in [3.63, 3.8) is 0 Å². The molecule has 0 amide bonds. The van der Waals surface area contributed by atoms with Crippen molar-refractivity contribution in [3.8, 4) is 5.75 Å². The summed E-state index contributed by atoms with van der Waals surface area (Å²) >= 11 is 3.30. The van der Waals surface area contributed by atoms with E-state index >= 15 is 0 Å². The van der Waals surface area contributed by atoms with E-state index in [1.807, 2.05) is 12.1 Å². The largest absolute Gasteiger partial charge is 0.486 e. The molecule has 20 heavy (non-hydrogen) atoms. The lowest BCUT2D eigenvalue weighted by molar-refractivity contribution is 0.290. The molecule has 1 aromatic heterocycles. The second-order valence-electron chi connectivity index (χ2n) is 4.30. The molecule has 0 saturated heterocycles. The number of hydrogen-bond donors (Lipinski definition) is 1. The lowest BCUT2D eigenvalue weighted by Gasteiger charge is -2.12. The molecule has 0 saturated carbocycles. The van der Waals surface area contributed by atoms with Gasteiger partial charge in [0.1, 0.15) is 12.4 Å². The van der Waals surface area contributed by atoms with E-state index in [0.717, 1.165) is 28.8 Å². The van der Waals surface area contributed by atoms with Gasteiger partial charge in [-0.25, -0.2) is 9.37 Å². The molecule has 3 nitrogen and oxygen atoms in total. The molecular weight excluding hydrogens is 323 g/mol. The Labute approximate surface area is 126 Å². The van der Waals surface area contributed by atoms with Crippen LogP contribution in [0.2, 0.25) is 0 Å². The minimum Gasteiger partial charge on any atom is -0.486 e. The molecule has 0 unspecified atom stereocenters. The first kappa shape index (κ1) is 14.8. The number of halogens is 2. The standard InChI is InChI=1S/C15H16BrFN2O/c1-2-7-18-15-11(4-3-8-19-15)10-20-14-9-12(16)5-6-13(14)17/h3-6,8-9H,2,7,10H2,1H3,(H,18,19). The van der Waals surface area contributed by atoms with E-state index in [1.165, 1.54) is 6.07 Å². The van der Waals surface area contributed by atoms with Crippen LogP contribution >= 0.6 is 15.9 Å². The lowest BCUT2D eigenvalue weighted by Crippen LogP contribution is -2.07. The van der Waals surface area contributed by atoms with Crippen LogP contribution in [0.15, 0.2) is 41.0 Å². The molecule has 0 spiro atoms. The van der Waals surface area contributed by atoms with Gasteiger partial charge in [-0.15, -0.1) is 0 Å². The first-order valence-electron chi connectivity index (χ1n) is 6.46. The number of rotatable bonds is 6. The fourth-order valence-electron chi connectivity index (χ4n) is 1.70. The van der Waals surface area contributed by atoms with Crippen molar-refractivity contribution in [2.45, 2.75) is 20.0 Å². The highest BCUT2D eigenvalue weighted by molar-refractivity contribution is 9.10. The second kappa shape index (κ2) is 7.24. The summed E-state index contributed by atoms with van der Waals surface area (Å²) in [7, 11) is 0. The number of hydrogen-bond acceptors (Lipinski definition) is 3. The van der Waals surface area contributed by atoms with E-state index in [9.17, 15) is 4.39 Å². The third kappa shape index (κ3) is 3.93. The molecule has 1 N–H and O–H groups in total. The van der Waals surface area contributed by atoms with Crippen molar-refractivity contribution >= 4 is 21.7 Å². The van der Waals surface area contributed by atoms with Crippen LogP contribution in [0.25, 0.3) is 0 Å². The molecule has 5 heteroatoms. The van der Waals surface area contributed by atoms with Gasteiger partial charge in [-0.3, -0.25) is 0 Å². The highest BCUT2D eigenvalue weighted by Crippen LogP contribution is 2.24. The van der Waals surface area contributed by atoms with Gasteiger partial charge in [0.25, 0.3) is 0 Å². The van der Waals surface area contributed by atoms with Gasteiger partial charge in [-0.05, 0) is 30.7 Å². The van der Waals surface area contributed by atoms with Crippen LogP contribution < -0.4 is 10.1 Å². The molecule has 1 heterocycles. The Bertz CT molecular complexity index is 578. The van der Waals surface area contributed by atoms with Gasteiger partial charge < -0.3 is 10.1 Å². The van der Waals surface area contributed by atoms with Gasteiger partial charge in [0, 0.05) is 22.8 Å². The predicted molar refractivity (Wildman–Crippen MR) is 81.4 cm³/mol. The highest BCUT2D eigenvalue weighted by Gasteiger charge is 2.07. The summed E-state index contributed by atoms with van der Waals surface area (Å²) in [5.74, 6) is 0.634. The maximum Gasteiger partial charge on any atom is 0.165 e. The van der Waals surface area contributed by atoms with Gasteiger partial charge in [0.2, 0.25) is 0 Å². The molecule has 0 fully saturated rings. The van der Waals surface area contributed by atoms with Crippen molar-refractivity contribution in [2.75, 3.05) is 11.9 Å². The number of aromatic nitrogens is 1. The van der Waals surface area contributed by atoms with Crippen molar-refractivity contribution in [2.24, 2.45) is 0 Å². The quantitative estimate of drug-likeness (QED) is 0.848. The Morgan fingerprint density at radius 3 is 3.00 bits per heavy atom. The SMILES string of the molecule is CCCNc1ncccc1COc1cc(Br)ccc1F. The smallest absolute Gasteiger partial charge is 0.165 e. The molecule has 0 atom stereocenters. The summed E-state index contributed by atoms with van der Waals surface area (Å²) in [5, 5.41) is 3.23. The second-order valence-corrected chi connectivity index (χ2v) is 5.22. The summed E-state index contributed by atoms with van der Waals surface area (Å²) in [6, 6.07) is 8.39. The van der Waals surface area contributed by atoms with Gasteiger partial charge in [-0.1, -0.05) is 28.9 Å². The maximum absolute atomic E-state index is 13.6. The van der Waals surface area contributed by atoms with Crippen molar-refractivity contribution in [3.05, 3.63) is 52.4 Å². The Hall–Kier alpha value is -1.62. The number of ether oxygens (including phenoxy) is 1. The normalized spacial score (nSPS) is 10.3. The van der Waals surface area contributed by atoms with Crippen LogP contribution in [0.5, 0.6) is 5.75 Å². The van der Waals surface area contributed by atoms with Gasteiger partial charge in [0.15, 0.2) is 11.6 Å². The fraction of sp³-hybridized carbons (Fsp3) is 0.267. The molecule has 0 bridgehead atoms. The molecule has 106 valence electrons. The molecule has 2 aromatic rings. The molecule has 2 rings (SSSR count). The number of benzene rings is 1. The first-order chi connectivity index (χ1) is 9.70. The highest BCUT2D eigenvalue weighted by atomic mass is 79.9. The summed E-state index contributed by atoms with van der Waals surface area (Å²) in [6.45, 7) is 3.20. The van der Waals surface area contributed by atoms with Crippen molar-refractivity contribution in [1.29, 1.82) is 0 Å². The topological polar surface area (TPSA) is 34.2 Å². The van der Waals surface area contributed by atoms with E-state index in [-0.39, 0.29) is 18.2 Å². The van der Waals surface area contributed by atoms with Gasteiger partial charge in [-0.2, -0.15) is 0 Å². The first-order valence-corrected chi connectivity index (χ1v) is 7.25. The Morgan fingerprint density at radius 1 is 1.35 bits per heavy atom. The number of nitrogens with one attached hydrogen (secondary N) is 1. The molecule has 0 aliphatic carbocycles. The van der Waals surface area contributed by atoms with Crippen LogP contribution in [0.1, 0.15) is 18.9 Å². The van der Waals surface area contributed by atoms with E-state index < -0.39 is 0 Å². The van der Waals surface area contributed by atoms with E-state index in [1.54, 1.807) is 18.3 Å². The predicted octanol–water partition coefficient (Wildman–Crippen LogP) is 4.38. The number of pyridine rings is 1. The zero-order chi connectivity index (χ0) is 14.4. The summed E-state index contributed by atoms with van der Waals surface area (Å²) < 4.78 is 19.9. The zero-order valence-electron chi connectivity index (χ0n) is 11.2. The minimum atomic E-state index is -0.375. The van der Waals surface area contributed by atoms with Crippen LogP contribution in [-0.2, 0) is 6.61 Å². The van der Waals surface area contributed by atoms with E-state index in [4.69, 9.17) is 4.74 Å². The Balaban J connectivity index is 2.08. The molecular formula is C15H16BrFN2O. The van der Waals surface area contributed by atoms with Crippen LogP contribution in [0.4, 0.5) is 10.2 Å². The Kier molecular flexibility index (Phi) is 5.35. The summed E-state index contributed by atoms with van der Waals surface area (Å²) in [5.41, 5.74) is 0.903. The summed E-state index contributed by atoms with van der Waals surface area (Å²) in [4.78, 5) is 4.27. The lowest BCUT2D eigenvalue weighted by atomic mass is 10.2. The van der Waals surface area contributed by atoms with Gasteiger partial charge in [0.05, 0.1) is 0 Å². The molecule has 1 aromatic carbocycles. The average molecular weight is 339 g/mol. The fourth-order valence-corrected chi connectivity index (χ4v) is 2.04. The van der Waals surface area contributed by atoms with Gasteiger partial charge >= 0.3 is 0 Å². The molecule has 0 radical (unpaired) electrons. The molecule has 0 aliphatic rings. The van der Waals surface area contributed by atoms with Crippen LogP contribution in [-0.4, -0.2) is 11.5 Å². The zero-order valence-corrected chi connectivity index (χ0v) is 12.8. The average Bonchev–Trinajstić information content (AvgIpc) is 2.47. The monoisotopic (exact) mass is 338 g/mol. The van der Waals surface area contributed by atoms with Crippen LogP contribution in [0, 0.1) is 5.82 Å². The maximum atomic E-state index is 13.6.